The number of pyridine rings is 1. The van der Waals surface area contributed by atoms with Gasteiger partial charge in [-0.2, -0.15) is 0 Å². The molecule has 5 heteroatoms. The van der Waals surface area contributed by atoms with Crippen molar-refractivity contribution < 1.29 is 9.59 Å². The fourth-order valence-electron chi connectivity index (χ4n) is 3.07. The highest BCUT2D eigenvalue weighted by atomic mass is 16.2. The lowest BCUT2D eigenvalue weighted by molar-refractivity contribution is -0.138. The maximum Gasteiger partial charge on any atom is 0.240 e. The molecule has 5 nitrogen and oxygen atoms in total. The van der Waals surface area contributed by atoms with Gasteiger partial charge in [-0.1, -0.05) is 30.3 Å². The normalized spacial score (nSPS) is 15.7. The maximum absolute atomic E-state index is 12.2. The van der Waals surface area contributed by atoms with Crippen molar-refractivity contribution >= 4 is 11.8 Å². The molecule has 1 aromatic carbocycles. The second kappa shape index (κ2) is 7.92. The van der Waals surface area contributed by atoms with E-state index in [9.17, 15) is 9.59 Å². The molecule has 1 aliphatic heterocycles. The Kier molecular flexibility index (Phi) is 5.43. The van der Waals surface area contributed by atoms with Crippen molar-refractivity contribution in [3.05, 3.63) is 54.4 Å². The Bertz CT molecular complexity index is 728. The number of piperidine rings is 1. The third-order valence-electron chi connectivity index (χ3n) is 4.54. The minimum atomic E-state index is -0.112. The topological polar surface area (TPSA) is 62.3 Å². The molecule has 0 bridgehead atoms. The van der Waals surface area contributed by atoms with Gasteiger partial charge in [-0.15, -0.1) is 0 Å². The Labute approximate surface area is 148 Å². The molecule has 1 fully saturated rings. The quantitative estimate of drug-likeness (QED) is 0.912. The molecular weight excluding hydrogens is 314 g/mol. The molecule has 1 aliphatic rings. The zero-order chi connectivity index (χ0) is 17.6. The van der Waals surface area contributed by atoms with Crippen molar-refractivity contribution in [3.63, 3.8) is 0 Å². The van der Waals surface area contributed by atoms with Crippen molar-refractivity contribution in [2.45, 2.75) is 32.2 Å². The molecular formula is C20H23N3O2. The van der Waals surface area contributed by atoms with Gasteiger partial charge in [0.05, 0.1) is 12.6 Å². The minimum Gasteiger partial charge on any atom is -0.348 e. The summed E-state index contributed by atoms with van der Waals surface area (Å²) < 4.78 is 0. The number of likely N-dealkylation sites (tertiary alicyclic amines) is 1. The van der Waals surface area contributed by atoms with Gasteiger partial charge in [0.1, 0.15) is 0 Å². The average Bonchev–Trinajstić information content (AvgIpc) is 2.64. The molecule has 25 heavy (non-hydrogen) atoms. The minimum absolute atomic E-state index is 0.0786. The van der Waals surface area contributed by atoms with Crippen LogP contribution in [0.2, 0.25) is 0 Å². The summed E-state index contributed by atoms with van der Waals surface area (Å²) in [5.74, 6) is -0.0334. The fourth-order valence-corrected chi connectivity index (χ4v) is 3.07. The monoisotopic (exact) mass is 337 g/mol. The van der Waals surface area contributed by atoms with E-state index >= 15 is 0 Å². The van der Waals surface area contributed by atoms with Crippen molar-refractivity contribution in [1.29, 1.82) is 0 Å². The SMILES string of the molecule is CC(NC(=O)CN1CCCCC1=O)c1ccc(-c2cccnc2)cc1. The van der Waals surface area contributed by atoms with E-state index in [4.69, 9.17) is 0 Å². The van der Waals surface area contributed by atoms with Gasteiger partial charge >= 0.3 is 0 Å². The van der Waals surface area contributed by atoms with Crippen LogP contribution < -0.4 is 5.32 Å². The standard InChI is InChI=1S/C20H23N3O2/c1-15(22-19(24)14-23-12-3-2-6-20(23)25)16-7-9-17(10-8-16)18-5-4-11-21-13-18/h4-5,7-11,13,15H,2-3,6,12,14H2,1H3,(H,22,24). The van der Waals surface area contributed by atoms with Crippen LogP contribution in [0, 0.1) is 0 Å². The van der Waals surface area contributed by atoms with E-state index in [1.807, 2.05) is 49.5 Å². The number of carbonyl (C=O) groups excluding carboxylic acids is 2. The number of amides is 2. The van der Waals surface area contributed by atoms with Gasteiger partial charge in [-0.25, -0.2) is 0 Å². The summed E-state index contributed by atoms with van der Waals surface area (Å²) in [6.07, 6.45) is 6.04. The molecule has 0 radical (unpaired) electrons. The number of hydrogen-bond donors (Lipinski definition) is 1. The number of nitrogens with one attached hydrogen (secondary N) is 1. The van der Waals surface area contributed by atoms with Crippen molar-refractivity contribution in [2.24, 2.45) is 0 Å². The van der Waals surface area contributed by atoms with Gasteiger partial charge in [0.2, 0.25) is 11.8 Å². The largest absolute Gasteiger partial charge is 0.348 e. The van der Waals surface area contributed by atoms with Crippen LogP contribution in [0.3, 0.4) is 0 Å². The average molecular weight is 337 g/mol. The molecule has 1 atom stereocenters. The number of carbonyl (C=O) groups is 2. The Morgan fingerprint density at radius 2 is 2.00 bits per heavy atom. The van der Waals surface area contributed by atoms with Gasteiger partial charge in [0.15, 0.2) is 0 Å². The van der Waals surface area contributed by atoms with E-state index in [0.717, 1.165) is 29.5 Å². The van der Waals surface area contributed by atoms with Crippen LogP contribution in [0.25, 0.3) is 11.1 Å². The number of rotatable bonds is 5. The van der Waals surface area contributed by atoms with Crippen LogP contribution in [0.15, 0.2) is 48.8 Å². The molecule has 0 aliphatic carbocycles. The van der Waals surface area contributed by atoms with E-state index in [1.54, 1.807) is 11.1 Å². The molecule has 0 saturated carbocycles. The van der Waals surface area contributed by atoms with Crippen molar-refractivity contribution in [3.8, 4) is 11.1 Å². The third kappa shape index (κ3) is 4.44. The van der Waals surface area contributed by atoms with E-state index in [-0.39, 0.29) is 24.4 Å². The Balaban J connectivity index is 1.58. The summed E-state index contributed by atoms with van der Waals surface area (Å²) in [5, 5.41) is 2.98. The smallest absolute Gasteiger partial charge is 0.240 e. The molecule has 1 unspecified atom stereocenters. The molecule has 130 valence electrons. The van der Waals surface area contributed by atoms with Crippen LogP contribution in [-0.2, 0) is 9.59 Å². The number of nitrogens with zero attached hydrogens (tertiary/aromatic N) is 2. The number of aromatic nitrogens is 1. The van der Waals surface area contributed by atoms with E-state index in [0.29, 0.717) is 13.0 Å². The second-order valence-electron chi connectivity index (χ2n) is 6.43. The van der Waals surface area contributed by atoms with Crippen LogP contribution in [-0.4, -0.2) is 34.8 Å². The van der Waals surface area contributed by atoms with Crippen LogP contribution >= 0.6 is 0 Å². The van der Waals surface area contributed by atoms with Crippen molar-refractivity contribution in [2.75, 3.05) is 13.1 Å². The molecule has 0 spiro atoms. The number of benzene rings is 1. The summed E-state index contributed by atoms with van der Waals surface area (Å²) in [6, 6.07) is 11.9. The summed E-state index contributed by atoms with van der Waals surface area (Å²) >= 11 is 0. The van der Waals surface area contributed by atoms with Gasteiger partial charge in [-0.3, -0.25) is 14.6 Å². The van der Waals surface area contributed by atoms with Gasteiger partial charge in [-0.05, 0) is 42.5 Å². The first kappa shape index (κ1) is 17.1. The van der Waals surface area contributed by atoms with Crippen LogP contribution in [0.4, 0.5) is 0 Å². The molecule has 1 saturated heterocycles. The Morgan fingerprint density at radius 1 is 1.20 bits per heavy atom. The zero-order valence-electron chi connectivity index (χ0n) is 14.4. The van der Waals surface area contributed by atoms with Gasteiger partial charge in [0, 0.05) is 25.4 Å². The summed E-state index contributed by atoms with van der Waals surface area (Å²) in [5.41, 5.74) is 3.19. The highest BCUT2D eigenvalue weighted by Gasteiger charge is 2.21. The van der Waals surface area contributed by atoms with Crippen LogP contribution in [0.5, 0.6) is 0 Å². The maximum atomic E-state index is 12.2. The summed E-state index contributed by atoms with van der Waals surface area (Å²) in [4.78, 5) is 29.8. The highest BCUT2D eigenvalue weighted by molar-refractivity contribution is 5.85. The van der Waals surface area contributed by atoms with Crippen molar-refractivity contribution in [1.82, 2.24) is 15.2 Å². The zero-order valence-corrected chi connectivity index (χ0v) is 14.4. The van der Waals surface area contributed by atoms with Crippen LogP contribution in [0.1, 0.15) is 37.8 Å². The van der Waals surface area contributed by atoms with E-state index in [1.165, 1.54) is 0 Å². The molecule has 1 aromatic heterocycles. The molecule has 2 amide bonds. The fraction of sp³-hybridized carbons (Fsp3) is 0.350. The Morgan fingerprint density at radius 3 is 2.68 bits per heavy atom. The lowest BCUT2D eigenvalue weighted by Crippen LogP contribution is -2.43. The molecule has 2 heterocycles. The number of hydrogen-bond acceptors (Lipinski definition) is 3. The first-order chi connectivity index (χ1) is 12.1. The van der Waals surface area contributed by atoms with Gasteiger partial charge < -0.3 is 10.2 Å². The summed E-state index contributed by atoms with van der Waals surface area (Å²) in [6.45, 7) is 2.78. The lowest BCUT2D eigenvalue weighted by Gasteiger charge is -2.26. The Hall–Kier alpha value is -2.69. The predicted molar refractivity (Wildman–Crippen MR) is 96.7 cm³/mol. The second-order valence-corrected chi connectivity index (χ2v) is 6.43. The van der Waals surface area contributed by atoms with Gasteiger partial charge in [0.25, 0.3) is 0 Å². The molecule has 1 N–H and O–H groups in total. The first-order valence-electron chi connectivity index (χ1n) is 8.71. The summed E-state index contributed by atoms with van der Waals surface area (Å²) in [7, 11) is 0. The molecule has 2 aromatic rings. The van der Waals surface area contributed by atoms with E-state index < -0.39 is 0 Å². The highest BCUT2D eigenvalue weighted by Crippen LogP contribution is 2.21. The van der Waals surface area contributed by atoms with E-state index in [2.05, 4.69) is 10.3 Å². The predicted octanol–water partition coefficient (Wildman–Crippen LogP) is 2.94. The third-order valence-corrected chi connectivity index (χ3v) is 4.54. The lowest BCUT2D eigenvalue weighted by atomic mass is 10.0. The first-order valence-corrected chi connectivity index (χ1v) is 8.71. The molecule has 3 rings (SSSR count).